The van der Waals surface area contributed by atoms with Crippen LogP contribution in [0.1, 0.15) is 0 Å². The Kier molecular flexibility index (Phi) is 7.50. The summed E-state index contributed by atoms with van der Waals surface area (Å²) >= 11 is 0. The zero-order chi connectivity index (χ0) is 38.9. The van der Waals surface area contributed by atoms with Gasteiger partial charge in [0, 0.05) is 38.4 Å². The lowest BCUT2D eigenvalue weighted by molar-refractivity contribution is 0.674. The molecule has 0 spiro atoms. The van der Waals surface area contributed by atoms with Crippen LogP contribution in [0.25, 0.3) is 121 Å². The fraction of sp³-hybridized carbons (Fsp3) is 0. The highest BCUT2D eigenvalue weighted by atomic mass is 16.3. The summed E-state index contributed by atoms with van der Waals surface area (Å²) in [5.74, 6) is 1.88. The minimum Gasteiger partial charge on any atom is -0.455 e. The van der Waals surface area contributed by atoms with Crippen molar-refractivity contribution in [2.24, 2.45) is 0 Å². The molecule has 2 heterocycles. The molecule has 12 aromatic rings. The van der Waals surface area contributed by atoms with Gasteiger partial charge in [-0.2, -0.15) is 0 Å². The molecule has 0 saturated carbocycles. The number of furan rings is 1. The van der Waals surface area contributed by atoms with Gasteiger partial charge in [-0.15, -0.1) is 0 Å². The number of nitrogens with zero attached hydrogens (tertiary/aromatic N) is 3. The maximum absolute atomic E-state index is 6.96. The predicted molar refractivity (Wildman–Crippen MR) is 244 cm³/mol. The van der Waals surface area contributed by atoms with Gasteiger partial charge in [-0.05, 0) is 78.7 Å². The summed E-state index contributed by atoms with van der Waals surface area (Å²) in [5, 5.41) is 11.2. The maximum atomic E-state index is 6.96. The molecule has 0 aliphatic heterocycles. The minimum absolute atomic E-state index is 0.621. The van der Waals surface area contributed by atoms with Crippen molar-refractivity contribution in [1.82, 2.24) is 15.0 Å². The first-order valence-electron chi connectivity index (χ1n) is 19.9. The third kappa shape index (κ3) is 5.49. The van der Waals surface area contributed by atoms with Crippen LogP contribution in [0.5, 0.6) is 0 Å². The van der Waals surface area contributed by atoms with Crippen molar-refractivity contribution in [3.05, 3.63) is 200 Å². The van der Waals surface area contributed by atoms with Gasteiger partial charge >= 0.3 is 0 Å². The number of para-hydroxylation sites is 1. The van der Waals surface area contributed by atoms with E-state index in [2.05, 4.69) is 200 Å². The molecule has 4 heteroatoms. The summed E-state index contributed by atoms with van der Waals surface area (Å²) < 4.78 is 6.96. The van der Waals surface area contributed by atoms with Gasteiger partial charge in [0.25, 0.3) is 0 Å². The SMILES string of the molecule is c1ccc(-c2cc3c4cccc(-c5ccc(-c6nc(-c7ccc8ccccc8c7)nc(-c7ccc8ccccc8c7)n6)c6ccccc56)c4oc3c3ccccc23)cc1. The molecular formula is C55H33N3O. The highest BCUT2D eigenvalue weighted by Crippen LogP contribution is 2.44. The third-order valence-corrected chi connectivity index (χ3v) is 11.7. The Labute approximate surface area is 339 Å². The Hall–Kier alpha value is -7.95. The Morgan fingerprint density at radius 1 is 0.254 bits per heavy atom. The van der Waals surface area contributed by atoms with E-state index >= 15 is 0 Å². The molecule has 0 aliphatic rings. The maximum Gasteiger partial charge on any atom is 0.164 e. The second kappa shape index (κ2) is 13.3. The molecule has 0 bridgehead atoms. The fourth-order valence-electron chi connectivity index (χ4n) is 8.83. The van der Waals surface area contributed by atoms with Gasteiger partial charge in [0.05, 0.1) is 0 Å². The zero-order valence-electron chi connectivity index (χ0n) is 31.8. The van der Waals surface area contributed by atoms with Crippen LogP contribution in [0.15, 0.2) is 205 Å². The largest absolute Gasteiger partial charge is 0.455 e. The Bertz CT molecular complexity index is 3530. The van der Waals surface area contributed by atoms with Gasteiger partial charge in [0.1, 0.15) is 11.2 Å². The van der Waals surface area contributed by atoms with E-state index in [0.717, 1.165) is 76.7 Å². The van der Waals surface area contributed by atoms with E-state index in [0.29, 0.717) is 17.5 Å². The molecular weight excluding hydrogens is 719 g/mol. The lowest BCUT2D eigenvalue weighted by Crippen LogP contribution is -2.01. The van der Waals surface area contributed by atoms with Crippen molar-refractivity contribution < 1.29 is 4.42 Å². The van der Waals surface area contributed by atoms with Crippen LogP contribution in [0.2, 0.25) is 0 Å². The highest BCUT2D eigenvalue weighted by molar-refractivity contribution is 6.21. The van der Waals surface area contributed by atoms with Crippen molar-refractivity contribution >= 4 is 65.0 Å². The molecule has 0 atom stereocenters. The monoisotopic (exact) mass is 751 g/mol. The number of hydrogen-bond acceptors (Lipinski definition) is 4. The number of aromatic nitrogens is 3. The van der Waals surface area contributed by atoms with Crippen molar-refractivity contribution in [3.8, 4) is 56.4 Å². The van der Waals surface area contributed by atoms with E-state index in [1.165, 1.54) is 27.3 Å². The minimum atomic E-state index is 0.621. The molecule has 0 amide bonds. The summed E-state index contributed by atoms with van der Waals surface area (Å²) in [7, 11) is 0. The molecule has 59 heavy (non-hydrogen) atoms. The van der Waals surface area contributed by atoms with Crippen LogP contribution in [-0.2, 0) is 0 Å². The summed E-state index contributed by atoms with van der Waals surface area (Å²) in [5.41, 5.74) is 9.08. The zero-order valence-corrected chi connectivity index (χ0v) is 31.8. The highest BCUT2D eigenvalue weighted by Gasteiger charge is 2.21. The van der Waals surface area contributed by atoms with Crippen molar-refractivity contribution in [3.63, 3.8) is 0 Å². The molecule has 4 nitrogen and oxygen atoms in total. The Morgan fingerprint density at radius 2 is 0.746 bits per heavy atom. The second-order valence-corrected chi connectivity index (χ2v) is 15.1. The first kappa shape index (κ1) is 33.2. The van der Waals surface area contributed by atoms with E-state index in [1.54, 1.807) is 0 Å². The molecule has 2 aromatic heterocycles. The van der Waals surface area contributed by atoms with Crippen molar-refractivity contribution in [1.29, 1.82) is 0 Å². The van der Waals surface area contributed by atoms with Crippen LogP contribution in [-0.4, -0.2) is 15.0 Å². The van der Waals surface area contributed by atoms with Gasteiger partial charge in [0.2, 0.25) is 0 Å². The van der Waals surface area contributed by atoms with Crippen LogP contribution < -0.4 is 0 Å². The van der Waals surface area contributed by atoms with Gasteiger partial charge in [-0.1, -0.05) is 176 Å². The molecule has 0 aliphatic carbocycles. The standard InChI is InChI=1S/C55H33N3O/c1-2-15-36(16-3-1)49-33-50-47-24-12-23-46(51(47)59-52(50)45-22-11-10-21-43(45)49)44-29-30-48(42-20-9-8-19-41(42)44)55-57-53(39-27-25-34-13-4-6-17-37(34)31-39)56-54(58-55)40-28-26-35-14-5-7-18-38(35)32-40/h1-33H. The van der Waals surface area contributed by atoms with Gasteiger partial charge in [-0.3, -0.25) is 0 Å². The Balaban J connectivity index is 1.06. The van der Waals surface area contributed by atoms with Crippen LogP contribution in [0, 0.1) is 0 Å². The van der Waals surface area contributed by atoms with Gasteiger partial charge < -0.3 is 4.42 Å². The van der Waals surface area contributed by atoms with Gasteiger partial charge in [-0.25, -0.2) is 15.0 Å². The van der Waals surface area contributed by atoms with Crippen molar-refractivity contribution in [2.75, 3.05) is 0 Å². The van der Waals surface area contributed by atoms with Crippen molar-refractivity contribution in [2.45, 2.75) is 0 Å². The Morgan fingerprint density at radius 3 is 1.41 bits per heavy atom. The summed E-state index contributed by atoms with van der Waals surface area (Å²) in [6.07, 6.45) is 0. The number of rotatable bonds is 5. The van der Waals surface area contributed by atoms with E-state index in [4.69, 9.17) is 19.4 Å². The van der Waals surface area contributed by atoms with Crippen LogP contribution >= 0.6 is 0 Å². The molecule has 274 valence electrons. The lowest BCUT2D eigenvalue weighted by Gasteiger charge is -2.13. The molecule has 10 aromatic carbocycles. The number of hydrogen-bond donors (Lipinski definition) is 0. The first-order chi connectivity index (χ1) is 29.2. The topological polar surface area (TPSA) is 51.8 Å². The summed E-state index contributed by atoms with van der Waals surface area (Å²) in [6.45, 7) is 0. The second-order valence-electron chi connectivity index (χ2n) is 15.1. The molecule has 0 saturated heterocycles. The first-order valence-corrected chi connectivity index (χ1v) is 19.9. The van der Waals surface area contributed by atoms with E-state index < -0.39 is 0 Å². The quantitative estimate of drug-likeness (QED) is 0.176. The molecule has 0 N–H and O–H groups in total. The summed E-state index contributed by atoms with van der Waals surface area (Å²) in [4.78, 5) is 15.6. The van der Waals surface area contributed by atoms with E-state index in [9.17, 15) is 0 Å². The third-order valence-electron chi connectivity index (χ3n) is 11.7. The smallest absolute Gasteiger partial charge is 0.164 e. The molecule has 0 unspecified atom stereocenters. The van der Waals surface area contributed by atoms with Gasteiger partial charge in [0.15, 0.2) is 17.5 Å². The lowest BCUT2D eigenvalue weighted by atomic mass is 9.92. The normalized spacial score (nSPS) is 11.7. The number of benzene rings is 10. The predicted octanol–water partition coefficient (Wildman–Crippen LogP) is 14.7. The number of fused-ring (bicyclic) bond motifs is 8. The molecule has 12 rings (SSSR count). The molecule has 0 radical (unpaired) electrons. The van der Waals surface area contributed by atoms with E-state index in [-0.39, 0.29) is 0 Å². The molecule has 0 fully saturated rings. The van der Waals surface area contributed by atoms with E-state index in [1.807, 2.05) is 0 Å². The summed E-state index contributed by atoms with van der Waals surface area (Å²) in [6, 6.07) is 70.4. The average Bonchev–Trinajstić information content (AvgIpc) is 3.70. The average molecular weight is 752 g/mol. The van der Waals surface area contributed by atoms with Crippen LogP contribution in [0.4, 0.5) is 0 Å². The fourth-order valence-corrected chi connectivity index (χ4v) is 8.83. The van der Waals surface area contributed by atoms with Crippen LogP contribution in [0.3, 0.4) is 0 Å².